The van der Waals surface area contributed by atoms with Crippen LogP contribution in [-0.2, 0) is 0 Å². The summed E-state index contributed by atoms with van der Waals surface area (Å²) in [7, 11) is 0. The van der Waals surface area contributed by atoms with Crippen LogP contribution in [0.3, 0.4) is 0 Å². The fourth-order valence-corrected chi connectivity index (χ4v) is 1.65. The first-order valence-electron chi connectivity index (χ1n) is 2.25. The number of nitrogens with two attached hydrogens (primary N) is 1. The van der Waals surface area contributed by atoms with E-state index in [2.05, 4.69) is 22.6 Å². The Balaban J connectivity index is 2.45. The molecule has 0 bridgehead atoms. The highest BCUT2D eigenvalue weighted by Gasteiger charge is 1.80. The van der Waals surface area contributed by atoms with Crippen LogP contribution in [-0.4, -0.2) is 22.5 Å². The van der Waals surface area contributed by atoms with Crippen LogP contribution in [0.5, 0.6) is 0 Å². The minimum Gasteiger partial charge on any atom is -0.330 e. The van der Waals surface area contributed by atoms with Gasteiger partial charge in [-0.15, -0.1) is 0 Å². The van der Waals surface area contributed by atoms with Gasteiger partial charge in [-0.2, -0.15) is 11.8 Å². The molecule has 3 heteroatoms. The van der Waals surface area contributed by atoms with E-state index in [9.17, 15) is 0 Å². The van der Waals surface area contributed by atoms with Crippen LogP contribution in [0.4, 0.5) is 0 Å². The van der Waals surface area contributed by atoms with E-state index in [1.165, 1.54) is 10.2 Å². The second kappa shape index (κ2) is 7.04. The van der Waals surface area contributed by atoms with Gasteiger partial charge in [0.25, 0.3) is 0 Å². The molecule has 0 aliphatic rings. The molecule has 0 atom stereocenters. The van der Waals surface area contributed by atoms with Crippen LogP contribution in [0.1, 0.15) is 0 Å². The van der Waals surface area contributed by atoms with Gasteiger partial charge in [0.05, 0.1) is 0 Å². The summed E-state index contributed by atoms with van der Waals surface area (Å²) in [6.45, 7) is 0.821. The van der Waals surface area contributed by atoms with Crippen LogP contribution in [0, 0.1) is 0 Å². The zero-order valence-corrected chi connectivity index (χ0v) is 7.17. The summed E-state index contributed by atoms with van der Waals surface area (Å²) in [6.07, 6.45) is 0. The summed E-state index contributed by atoms with van der Waals surface area (Å²) in [6, 6.07) is 0. The first kappa shape index (κ1) is 8.04. The smallest absolute Gasteiger partial charge is 0.00863 e. The number of hydrogen-bond donors (Lipinski definition) is 1. The van der Waals surface area contributed by atoms with Gasteiger partial charge in [-0.25, -0.2) is 0 Å². The molecule has 44 valence electrons. The van der Waals surface area contributed by atoms with E-state index in [-0.39, 0.29) is 0 Å². The van der Waals surface area contributed by atoms with E-state index in [0.29, 0.717) is 0 Å². The Morgan fingerprint density at radius 3 is 2.57 bits per heavy atom. The number of thioether (sulfide) groups is 1. The molecule has 0 saturated heterocycles. The lowest BCUT2D eigenvalue weighted by Crippen LogP contribution is -2.01. The second-order valence-electron chi connectivity index (χ2n) is 1.09. The van der Waals surface area contributed by atoms with Crippen molar-refractivity contribution in [1.82, 2.24) is 0 Å². The van der Waals surface area contributed by atoms with Crippen molar-refractivity contribution in [2.45, 2.75) is 0 Å². The maximum absolute atomic E-state index is 5.25. The SMILES string of the molecule is NCCSCCI. The molecular formula is C4H10INS. The molecule has 0 aliphatic carbocycles. The van der Waals surface area contributed by atoms with Crippen LogP contribution >= 0.6 is 34.4 Å². The van der Waals surface area contributed by atoms with E-state index >= 15 is 0 Å². The minimum absolute atomic E-state index is 0.821. The lowest BCUT2D eigenvalue weighted by molar-refractivity contribution is 1.15. The highest BCUT2D eigenvalue weighted by atomic mass is 127. The van der Waals surface area contributed by atoms with Crippen LogP contribution in [0.15, 0.2) is 0 Å². The largest absolute Gasteiger partial charge is 0.330 e. The quantitative estimate of drug-likeness (QED) is 0.445. The molecular weight excluding hydrogens is 221 g/mol. The summed E-state index contributed by atoms with van der Waals surface area (Å²) in [5, 5.41) is 0. The van der Waals surface area contributed by atoms with Crippen LogP contribution in [0.2, 0.25) is 0 Å². The predicted octanol–water partition coefficient (Wildman–Crippen LogP) is 1.11. The van der Waals surface area contributed by atoms with Gasteiger partial charge in [-0.1, -0.05) is 22.6 Å². The van der Waals surface area contributed by atoms with Gasteiger partial charge in [-0.05, 0) is 0 Å². The summed E-state index contributed by atoms with van der Waals surface area (Å²) in [5.41, 5.74) is 5.25. The minimum atomic E-state index is 0.821. The number of alkyl halides is 1. The summed E-state index contributed by atoms with van der Waals surface area (Å²) in [4.78, 5) is 0. The molecule has 0 unspecified atom stereocenters. The van der Waals surface area contributed by atoms with E-state index in [0.717, 1.165) is 12.3 Å². The molecule has 0 aliphatic heterocycles. The van der Waals surface area contributed by atoms with Crippen molar-refractivity contribution in [3.63, 3.8) is 0 Å². The van der Waals surface area contributed by atoms with E-state index in [1.54, 1.807) is 0 Å². The molecule has 1 nitrogen and oxygen atoms in total. The van der Waals surface area contributed by atoms with Crippen LogP contribution in [0.25, 0.3) is 0 Å². The number of rotatable bonds is 4. The average molecular weight is 231 g/mol. The van der Waals surface area contributed by atoms with Gasteiger partial charge in [0.2, 0.25) is 0 Å². The standard InChI is InChI=1S/C4H10INS/c5-1-3-7-4-2-6/h1-4,6H2. The summed E-state index contributed by atoms with van der Waals surface area (Å²) < 4.78 is 1.24. The van der Waals surface area contributed by atoms with Crippen molar-refractivity contribution in [3.8, 4) is 0 Å². The van der Waals surface area contributed by atoms with Gasteiger partial charge in [0.15, 0.2) is 0 Å². The predicted molar refractivity (Wildman–Crippen MR) is 45.3 cm³/mol. The third-order valence-electron chi connectivity index (χ3n) is 0.484. The number of hydrogen-bond acceptors (Lipinski definition) is 2. The maximum atomic E-state index is 5.25. The van der Waals surface area contributed by atoms with E-state index in [4.69, 9.17) is 5.73 Å². The highest BCUT2D eigenvalue weighted by Crippen LogP contribution is 1.98. The molecule has 0 saturated carbocycles. The first-order valence-corrected chi connectivity index (χ1v) is 4.93. The van der Waals surface area contributed by atoms with Gasteiger partial charge in [-0.3, -0.25) is 0 Å². The topological polar surface area (TPSA) is 26.0 Å². The Kier molecular flexibility index (Phi) is 8.09. The lowest BCUT2D eigenvalue weighted by Gasteiger charge is -1.90. The molecule has 0 radical (unpaired) electrons. The third-order valence-corrected chi connectivity index (χ3v) is 2.77. The Bertz CT molecular complexity index is 30.9. The summed E-state index contributed by atoms with van der Waals surface area (Å²) >= 11 is 4.29. The first-order chi connectivity index (χ1) is 3.41. The van der Waals surface area contributed by atoms with E-state index < -0.39 is 0 Å². The Morgan fingerprint density at radius 2 is 2.14 bits per heavy atom. The highest BCUT2D eigenvalue weighted by molar-refractivity contribution is 14.1. The number of halogens is 1. The molecule has 0 aromatic heterocycles. The third kappa shape index (κ3) is 7.04. The lowest BCUT2D eigenvalue weighted by atomic mass is 10.8. The molecule has 0 fully saturated rings. The van der Waals surface area contributed by atoms with Crippen molar-refractivity contribution < 1.29 is 0 Å². The van der Waals surface area contributed by atoms with E-state index in [1.807, 2.05) is 11.8 Å². The molecule has 0 spiro atoms. The molecule has 0 aromatic carbocycles. The van der Waals surface area contributed by atoms with Gasteiger partial charge in [0, 0.05) is 22.5 Å². The molecule has 0 heterocycles. The van der Waals surface area contributed by atoms with Crippen molar-refractivity contribution in [2.24, 2.45) is 5.73 Å². The van der Waals surface area contributed by atoms with Crippen molar-refractivity contribution in [3.05, 3.63) is 0 Å². The molecule has 0 amide bonds. The Morgan fingerprint density at radius 1 is 1.43 bits per heavy atom. The molecule has 0 aromatic rings. The van der Waals surface area contributed by atoms with Crippen molar-refractivity contribution in [2.75, 3.05) is 22.5 Å². The Labute approximate surface area is 62.6 Å². The van der Waals surface area contributed by atoms with Gasteiger partial charge < -0.3 is 5.73 Å². The molecule has 2 N–H and O–H groups in total. The zero-order chi connectivity index (χ0) is 5.54. The average Bonchev–Trinajstić information content (AvgIpc) is 1.69. The van der Waals surface area contributed by atoms with Gasteiger partial charge >= 0.3 is 0 Å². The second-order valence-corrected chi connectivity index (χ2v) is 3.39. The zero-order valence-electron chi connectivity index (χ0n) is 4.19. The van der Waals surface area contributed by atoms with Crippen molar-refractivity contribution in [1.29, 1.82) is 0 Å². The summed E-state index contributed by atoms with van der Waals surface area (Å²) in [5.74, 6) is 2.36. The molecule has 7 heavy (non-hydrogen) atoms. The molecule has 0 rings (SSSR count). The van der Waals surface area contributed by atoms with Crippen molar-refractivity contribution >= 4 is 34.4 Å². The fourth-order valence-electron chi connectivity index (χ4n) is 0.240. The Hall–Kier alpha value is 1.04. The van der Waals surface area contributed by atoms with Crippen LogP contribution < -0.4 is 5.73 Å². The fraction of sp³-hybridized carbons (Fsp3) is 1.00. The monoisotopic (exact) mass is 231 g/mol. The maximum Gasteiger partial charge on any atom is 0.00863 e. The normalized spacial score (nSPS) is 9.43. The van der Waals surface area contributed by atoms with Gasteiger partial charge in [0.1, 0.15) is 0 Å².